The van der Waals surface area contributed by atoms with Crippen molar-refractivity contribution >= 4 is 21.5 Å². The van der Waals surface area contributed by atoms with Gasteiger partial charge in [0.15, 0.2) is 40.7 Å². The van der Waals surface area contributed by atoms with E-state index in [2.05, 4.69) is 0 Å². The van der Waals surface area contributed by atoms with Crippen LogP contribution in [-0.4, -0.2) is 7.11 Å². The van der Waals surface area contributed by atoms with Crippen LogP contribution in [0.15, 0.2) is 48.5 Å². The van der Waals surface area contributed by atoms with Gasteiger partial charge < -0.3 is 4.74 Å². The maximum Gasteiger partial charge on any atom is 0.198 e. The van der Waals surface area contributed by atoms with E-state index in [4.69, 9.17) is 4.74 Å². The molecule has 0 amide bonds. The van der Waals surface area contributed by atoms with E-state index >= 15 is 17.6 Å². The molecule has 1 nitrogen and oxygen atoms in total. The van der Waals surface area contributed by atoms with E-state index in [1.807, 2.05) is 0 Å². The number of hydrogen-bond donors (Lipinski definition) is 0. The molecule has 0 fully saturated rings. The number of rotatable bonds is 3. The van der Waals surface area contributed by atoms with Crippen molar-refractivity contribution < 1.29 is 44.3 Å². The first-order valence-corrected chi connectivity index (χ1v) is 10.4. The number of benzene rings is 5. The summed E-state index contributed by atoms with van der Waals surface area (Å²) in [6, 6.07) is 7.53. The smallest absolute Gasteiger partial charge is 0.198 e. The van der Waals surface area contributed by atoms with Gasteiger partial charge >= 0.3 is 0 Å². The molecule has 0 heterocycles. The summed E-state index contributed by atoms with van der Waals surface area (Å²) in [6.07, 6.45) is 0. The molecule has 0 spiro atoms. The van der Waals surface area contributed by atoms with Crippen molar-refractivity contribution in [3.8, 4) is 28.0 Å². The van der Waals surface area contributed by atoms with E-state index < -0.39 is 85.4 Å². The van der Waals surface area contributed by atoms with Crippen LogP contribution in [0.2, 0.25) is 0 Å². The van der Waals surface area contributed by atoms with Gasteiger partial charge in [0.2, 0.25) is 0 Å². The molecule has 5 aromatic rings. The lowest BCUT2D eigenvalue weighted by atomic mass is 9.85. The van der Waals surface area contributed by atoms with Crippen LogP contribution in [0.25, 0.3) is 43.8 Å². The van der Waals surface area contributed by atoms with Crippen molar-refractivity contribution in [3.63, 3.8) is 0 Å². The molecule has 0 saturated heterocycles. The van der Waals surface area contributed by atoms with E-state index in [0.29, 0.717) is 12.1 Å². The molecule has 0 N–H and O–H groups in total. The molecular formula is C27H11F9O. The Balaban J connectivity index is 2.12. The van der Waals surface area contributed by atoms with Crippen molar-refractivity contribution in [2.75, 3.05) is 7.11 Å². The summed E-state index contributed by atoms with van der Waals surface area (Å²) in [7, 11) is 1.13. The highest BCUT2D eigenvalue weighted by molar-refractivity contribution is 6.21. The Labute approximate surface area is 202 Å². The van der Waals surface area contributed by atoms with E-state index in [-0.39, 0.29) is 16.5 Å². The van der Waals surface area contributed by atoms with E-state index in [0.717, 1.165) is 19.2 Å². The van der Waals surface area contributed by atoms with Gasteiger partial charge in [0.1, 0.15) is 17.4 Å². The Hall–Kier alpha value is -4.21. The third-order valence-corrected chi connectivity index (χ3v) is 6.01. The third kappa shape index (κ3) is 3.58. The second-order valence-electron chi connectivity index (χ2n) is 8.02. The van der Waals surface area contributed by atoms with Crippen molar-refractivity contribution in [2.45, 2.75) is 0 Å². The second kappa shape index (κ2) is 8.72. The van der Waals surface area contributed by atoms with Crippen LogP contribution < -0.4 is 4.74 Å². The molecule has 0 radical (unpaired) electrons. The predicted molar refractivity (Wildman–Crippen MR) is 119 cm³/mol. The lowest BCUT2D eigenvalue weighted by Crippen LogP contribution is -2.04. The van der Waals surface area contributed by atoms with Crippen LogP contribution in [0, 0.1) is 52.4 Å². The summed E-state index contributed by atoms with van der Waals surface area (Å²) in [5, 5.41) is -2.54. The largest absolute Gasteiger partial charge is 0.497 e. The maximum absolute atomic E-state index is 15.4. The van der Waals surface area contributed by atoms with Crippen LogP contribution in [0.3, 0.4) is 0 Å². The van der Waals surface area contributed by atoms with Crippen molar-refractivity contribution in [1.29, 1.82) is 0 Å². The Morgan fingerprint density at radius 2 is 0.946 bits per heavy atom. The maximum atomic E-state index is 15.4. The second-order valence-corrected chi connectivity index (χ2v) is 8.02. The standard InChI is InChI=1S/C27H11F9O/c1-37-11-8-14(28)20(15(29)9-11)19-13-5-3-2-4-12(13)18(10-6-16(30)23(32)17(31)7-10)21-22(19)25(34)27(36)26(35)24(21)33/h2-9H,1H3. The van der Waals surface area contributed by atoms with Crippen LogP contribution in [0.1, 0.15) is 0 Å². The van der Waals surface area contributed by atoms with Gasteiger partial charge in [0.05, 0.1) is 12.7 Å². The molecule has 5 aromatic carbocycles. The lowest BCUT2D eigenvalue weighted by molar-refractivity contribution is 0.407. The monoisotopic (exact) mass is 522 g/mol. The zero-order valence-electron chi connectivity index (χ0n) is 18.4. The molecule has 37 heavy (non-hydrogen) atoms. The zero-order valence-corrected chi connectivity index (χ0v) is 18.4. The highest BCUT2D eigenvalue weighted by atomic mass is 19.2. The third-order valence-electron chi connectivity index (χ3n) is 6.01. The van der Waals surface area contributed by atoms with Crippen LogP contribution in [0.5, 0.6) is 5.75 Å². The van der Waals surface area contributed by atoms with Gasteiger partial charge in [0, 0.05) is 34.0 Å². The Morgan fingerprint density at radius 3 is 1.43 bits per heavy atom. The summed E-state index contributed by atoms with van der Waals surface area (Å²) in [5.74, 6) is -16.7. The molecule has 0 aliphatic carbocycles. The molecule has 0 saturated carbocycles. The first kappa shape index (κ1) is 24.5. The van der Waals surface area contributed by atoms with Gasteiger partial charge in [0.25, 0.3) is 0 Å². The van der Waals surface area contributed by atoms with Crippen molar-refractivity contribution in [2.24, 2.45) is 0 Å². The van der Waals surface area contributed by atoms with Gasteiger partial charge in [-0.25, -0.2) is 39.5 Å². The minimum atomic E-state index is -2.28. The topological polar surface area (TPSA) is 9.23 Å². The number of ether oxygens (including phenoxy) is 1. The van der Waals surface area contributed by atoms with E-state index in [1.165, 1.54) is 24.3 Å². The molecule has 0 aliphatic rings. The summed E-state index contributed by atoms with van der Waals surface area (Å²) in [5.41, 5.74) is -2.74. The van der Waals surface area contributed by atoms with Crippen LogP contribution in [-0.2, 0) is 0 Å². The van der Waals surface area contributed by atoms with Crippen LogP contribution >= 0.6 is 0 Å². The van der Waals surface area contributed by atoms with E-state index in [9.17, 15) is 22.0 Å². The molecule has 0 unspecified atom stereocenters. The quantitative estimate of drug-likeness (QED) is 0.0998. The SMILES string of the molecule is COc1cc(F)c(-c2c3ccccc3c(-c3cc(F)c(F)c(F)c3)c3c(F)c(F)c(F)c(F)c23)c(F)c1. The van der Waals surface area contributed by atoms with Crippen LogP contribution in [0.4, 0.5) is 39.5 Å². The minimum absolute atomic E-state index is 0.172. The molecule has 188 valence electrons. The first-order chi connectivity index (χ1) is 17.6. The minimum Gasteiger partial charge on any atom is -0.497 e. The number of hydrogen-bond acceptors (Lipinski definition) is 1. The van der Waals surface area contributed by atoms with Crippen molar-refractivity contribution in [1.82, 2.24) is 0 Å². The molecular weight excluding hydrogens is 511 g/mol. The normalized spacial score (nSPS) is 11.5. The highest BCUT2D eigenvalue weighted by Gasteiger charge is 2.31. The average molecular weight is 522 g/mol. The number of methoxy groups -OCH3 is 1. The van der Waals surface area contributed by atoms with Gasteiger partial charge in [-0.15, -0.1) is 0 Å². The van der Waals surface area contributed by atoms with Gasteiger partial charge in [-0.1, -0.05) is 24.3 Å². The fourth-order valence-corrected chi connectivity index (χ4v) is 4.46. The number of fused-ring (bicyclic) bond motifs is 2. The van der Waals surface area contributed by atoms with Gasteiger partial charge in [-0.2, -0.15) is 0 Å². The fourth-order valence-electron chi connectivity index (χ4n) is 4.46. The molecule has 0 aliphatic heterocycles. The molecule has 0 bridgehead atoms. The molecule has 10 heteroatoms. The zero-order chi connectivity index (χ0) is 26.8. The number of halogens is 9. The lowest BCUT2D eigenvalue weighted by Gasteiger charge is -2.20. The van der Waals surface area contributed by atoms with E-state index in [1.54, 1.807) is 0 Å². The Bertz CT molecular complexity index is 1720. The highest BCUT2D eigenvalue weighted by Crippen LogP contribution is 2.48. The summed E-state index contributed by atoms with van der Waals surface area (Å²) < 4.78 is 137. The molecule has 0 aromatic heterocycles. The average Bonchev–Trinajstić information content (AvgIpc) is 2.87. The van der Waals surface area contributed by atoms with Gasteiger partial charge in [-0.05, 0) is 28.5 Å². The first-order valence-electron chi connectivity index (χ1n) is 10.4. The Morgan fingerprint density at radius 1 is 0.486 bits per heavy atom. The summed E-state index contributed by atoms with van der Waals surface area (Å²) >= 11 is 0. The predicted octanol–water partition coefficient (Wildman–Crippen LogP) is 8.59. The molecule has 5 rings (SSSR count). The Kier molecular flexibility index (Phi) is 5.77. The summed E-state index contributed by atoms with van der Waals surface area (Å²) in [6.45, 7) is 0. The van der Waals surface area contributed by atoms with Gasteiger partial charge in [-0.3, -0.25) is 0 Å². The molecule has 0 atom stereocenters. The van der Waals surface area contributed by atoms with Crippen molar-refractivity contribution in [3.05, 3.63) is 101 Å². The fraction of sp³-hybridized carbons (Fsp3) is 0.0370. The summed E-state index contributed by atoms with van der Waals surface area (Å²) in [4.78, 5) is 0.